The van der Waals surface area contributed by atoms with Gasteiger partial charge in [-0.2, -0.15) is 0 Å². The molecule has 1 fully saturated rings. The number of hydrogen-bond donors (Lipinski definition) is 1. The zero-order valence-electron chi connectivity index (χ0n) is 15.9. The zero-order valence-corrected chi connectivity index (χ0v) is 17.5. The van der Waals surface area contributed by atoms with E-state index in [4.69, 9.17) is 4.98 Å². The average molecular weight is 397 g/mol. The van der Waals surface area contributed by atoms with Crippen molar-refractivity contribution in [3.63, 3.8) is 0 Å². The first-order chi connectivity index (χ1) is 13.0. The van der Waals surface area contributed by atoms with Gasteiger partial charge in [-0.25, -0.2) is 4.98 Å². The molecule has 0 radical (unpaired) electrons. The van der Waals surface area contributed by atoms with Gasteiger partial charge in [0.05, 0.1) is 23.2 Å². The second-order valence-corrected chi connectivity index (χ2v) is 10.0. The van der Waals surface area contributed by atoms with Gasteiger partial charge in [-0.05, 0) is 51.2 Å². The lowest BCUT2D eigenvalue weighted by molar-refractivity contribution is -0.121. The highest BCUT2D eigenvalue weighted by atomic mass is 32.1. The molecule has 2 aromatic heterocycles. The summed E-state index contributed by atoms with van der Waals surface area (Å²) in [5.74, 6) is 0.658. The van der Waals surface area contributed by atoms with Crippen molar-refractivity contribution < 1.29 is 4.79 Å². The van der Waals surface area contributed by atoms with Crippen LogP contribution in [-0.4, -0.2) is 10.9 Å². The number of thiophene rings is 1. The van der Waals surface area contributed by atoms with E-state index < -0.39 is 0 Å². The fraction of sp³-hybridized carbons (Fsp3) is 0.364. The van der Waals surface area contributed by atoms with Gasteiger partial charge >= 0.3 is 0 Å². The van der Waals surface area contributed by atoms with E-state index in [1.165, 1.54) is 33.7 Å². The van der Waals surface area contributed by atoms with Gasteiger partial charge in [0.1, 0.15) is 0 Å². The largest absolute Gasteiger partial charge is 0.349 e. The van der Waals surface area contributed by atoms with Crippen LogP contribution in [0.25, 0.3) is 11.3 Å². The Morgan fingerprint density at radius 3 is 2.56 bits per heavy atom. The summed E-state index contributed by atoms with van der Waals surface area (Å²) >= 11 is 3.42. The highest BCUT2D eigenvalue weighted by Crippen LogP contribution is 2.41. The van der Waals surface area contributed by atoms with Gasteiger partial charge in [-0.15, -0.1) is 22.7 Å². The van der Waals surface area contributed by atoms with Crippen molar-refractivity contribution in [1.82, 2.24) is 10.3 Å². The highest BCUT2D eigenvalue weighted by molar-refractivity contribution is 7.13. The van der Waals surface area contributed by atoms with Crippen LogP contribution in [0.3, 0.4) is 0 Å². The summed E-state index contributed by atoms with van der Waals surface area (Å²) in [4.78, 5) is 21.2. The second kappa shape index (κ2) is 7.56. The van der Waals surface area contributed by atoms with E-state index in [0.717, 1.165) is 15.6 Å². The molecule has 3 aromatic rings. The molecule has 0 saturated heterocycles. The van der Waals surface area contributed by atoms with Gasteiger partial charge in [-0.1, -0.05) is 30.3 Å². The van der Waals surface area contributed by atoms with Crippen molar-refractivity contribution in [3.05, 3.63) is 61.6 Å². The third-order valence-corrected chi connectivity index (χ3v) is 6.93. The van der Waals surface area contributed by atoms with E-state index in [2.05, 4.69) is 37.4 Å². The molecule has 2 heterocycles. The van der Waals surface area contributed by atoms with Crippen molar-refractivity contribution in [3.8, 4) is 11.3 Å². The minimum atomic E-state index is 0.0882. The monoisotopic (exact) mass is 396 g/mol. The van der Waals surface area contributed by atoms with Crippen LogP contribution >= 0.6 is 22.7 Å². The predicted molar refractivity (Wildman–Crippen MR) is 113 cm³/mol. The molecule has 1 amide bonds. The van der Waals surface area contributed by atoms with Crippen LogP contribution in [0.2, 0.25) is 0 Å². The first kappa shape index (κ1) is 18.4. The van der Waals surface area contributed by atoms with Crippen LogP contribution in [0.1, 0.15) is 44.1 Å². The summed E-state index contributed by atoms with van der Waals surface area (Å²) in [6.07, 6.45) is 2.78. The van der Waals surface area contributed by atoms with Crippen LogP contribution in [0.15, 0.2) is 36.4 Å². The molecule has 1 N–H and O–H groups in total. The van der Waals surface area contributed by atoms with Crippen LogP contribution in [0.4, 0.5) is 0 Å². The number of rotatable bonds is 6. The number of thiazole rings is 1. The fourth-order valence-corrected chi connectivity index (χ4v) is 5.47. The molecule has 1 atom stereocenters. The van der Waals surface area contributed by atoms with E-state index in [1.807, 2.05) is 25.1 Å². The summed E-state index contributed by atoms with van der Waals surface area (Å²) in [5.41, 5.74) is 3.36. The van der Waals surface area contributed by atoms with E-state index >= 15 is 0 Å². The Balaban J connectivity index is 1.54. The molecule has 1 aromatic carbocycles. The maximum absolute atomic E-state index is 12.9. The molecule has 1 saturated carbocycles. The van der Waals surface area contributed by atoms with E-state index in [0.29, 0.717) is 12.3 Å². The summed E-state index contributed by atoms with van der Waals surface area (Å²) in [6, 6.07) is 12.7. The lowest BCUT2D eigenvalue weighted by atomic mass is 10.0. The average Bonchev–Trinajstić information content (AvgIpc) is 3.34. The number of aryl methyl sites for hydroxylation is 3. The molecule has 3 nitrogen and oxygen atoms in total. The number of carbonyl (C=O) groups is 1. The minimum Gasteiger partial charge on any atom is -0.349 e. The van der Waals surface area contributed by atoms with Crippen molar-refractivity contribution in [1.29, 1.82) is 0 Å². The van der Waals surface area contributed by atoms with E-state index in [1.54, 1.807) is 22.7 Å². The van der Waals surface area contributed by atoms with Gasteiger partial charge in [0.15, 0.2) is 0 Å². The number of nitrogens with one attached hydrogen (secondary N) is 1. The number of benzene rings is 1. The number of amides is 1. The second-order valence-electron chi connectivity index (χ2n) is 7.30. The first-order valence-electron chi connectivity index (χ1n) is 9.39. The molecule has 1 aliphatic rings. The molecule has 140 valence electrons. The Labute approximate surface area is 168 Å². The number of nitrogens with zero attached hydrogens (tertiary/aromatic N) is 1. The quantitative estimate of drug-likeness (QED) is 0.589. The molecule has 27 heavy (non-hydrogen) atoms. The molecule has 0 bridgehead atoms. The van der Waals surface area contributed by atoms with Crippen LogP contribution < -0.4 is 5.32 Å². The van der Waals surface area contributed by atoms with Crippen molar-refractivity contribution >= 4 is 28.6 Å². The topological polar surface area (TPSA) is 42.0 Å². The van der Waals surface area contributed by atoms with Crippen molar-refractivity contribution in [2.24, 2.45) is 5.92 Å². The number of carbonyl (C=O) groups excluding carboxylic acids is 1. The predicted octanol–water partition coefficient (Wildman–Crippen LogP) is 5.61. The van der Waals surface area contributed by atoms with Crippen LogP contribution in [-0.2, 0) is 11.2 Å². The smallest absolute Gasteiger partial charge is 0.225 e. The van der Waals surface area contributed by atoms with Gasteiger partial charge in [0.2, 0.25) is 5.91 Å². The third-order valence-electron chi connectivity index (χ3n) is 4.99. The molecular formula is C22H24N2OS2. The van der Waals surface area contributed by atoms with E-state index in [-0.39, 0.29) is 11.9 Å². The number of aromatic nitrogens is 1. The maximum Gasteiger partial charge on any atom is 0.225 e. The Morgan fingerprint density at radius 2 is 1.93 bits per heavy atom. The van der Waals surface area contributed by atoms with Gasteiger partial charge in [0, 0.05) is 20.2 Å². The summed E-state index contributed by atoms with van der Waals surface area (Å²) in [6.45, 7) is 6.26. The van der Waals surface area contributed by atoms with Crippen molar-refractivity contribution in [2.75, 3.05) is 0 Å². The molecule has 4 rings (SSSR count). The Morgan fingerprint density at radius 1 is 1.19 bits per heavy atom. The SMILES string of the molecule is Cc1cc(-c2nc(C)sc2CC(=O)N[C@H](c2ccccc2)C2CC2)c(C)s1. The molecule has 1 aliphatic carbocycles. The third kappa shape index (κ3) is 4.14. The molecular weight excluding hydrogens is 372 g/mol. The standard InChI is InChI=1S/C22H24N2OS2/c1-13-11-18(14(2)26-13)22-19(27-15(3)23-22)12-20(25)24-21(17-9-10-17)16-7-5-4-6-8-16/h4-8,11,17,21H,9-10,12H2,1-3H3,(H,24,25)/t21-/m1/s1. The van der Waals surface area contributed by atoms with Gasteiger partial charge < -0.3 is 5.32 Å². The zero-order chi connectivity index (χ0) is 19.0. The lowest BCUT2D eigenvalue weighted by Gasteiger charge is -2.18. The normalized spacial score (nSPS) is 14.9. The van der Waals surface area contributed by atoms with Gasteiger partial charge in [-0.3, -0.25) is 4.79 Å². The van der Waals surface area contributed by atoms with E-state index in [9.17, 15) is 4.79 Å². The Kier molecular flexibility index (Phi) is 5.15. The summed E-state index contributed by atoms with van der Waals surface area (Å²) in [7, 11) is 0. The minimum absolute atomic E-state index is 0.0882. The lowest BCUT2D eigenvalue weighted by Crippen LogP contribution is -2.31. The summed E-state index contributed by atoms with van der Waals surface area (Å²) in [5, 5.41) is 4.31. The molecule has 5 heteroatoms. The number of hydrogen-bond acceptors (Lipinski definition) is 4. The van der Waals surface area contributed by atoms with Gasteiger partial charge in [0.25, 0.3) is 0 Å². The van der Waals surface area contributed by atoms with Crippen LogP contribution in [0.5, 0.6) is 0 Å². The highest BCUT2D eigenvalue weighted by Gasteiger charge is 2.33. The molecule has 0 unspecified atom stereocenters. The summed E-state index contributed by atoms with van der Waals surface area (Å²) < 4.78 is 0. The maximum atomic E-state index is 12.9. The Hall–Kier alpha value is -1.98. The Bertz CT molecular complexity index is 954. The van der Waals surface area contributed by atoms with Crippen molar-refractivity contribution in [2.45, 2.75) is 46.1 Å². The molecule has 0 aliphatic heterocycles. The molecule has 0 spiro atoms. The first-order valence-corrected chi connectivity index (χ1v) is 11.0. The van der Waals surface area contributed by atoms with Crippen LogP contribution in [0, 0.1) is 26.7 Å². The fourth-order valence-electron chi connectivity index (χ4n) is 3.60.